The maximum atomic E-state index is 12.6. The SMILES string of the molecule is Cc1nc2ccccc2c(=O)n1CC(=O)N(C)Cc1ccc(Br)s1. The molecule has 0 spiro atoms. The second-order valence-corrected chi connectivity index (χ2v) is 8.07. The van der Waals surface area contributed by atoms with Crippen LogP contribution in [0, 0.1) is 6.92 Å². The summed E-state index contributed by atoms with van der Waals surface area (Å²) in [4.78, 5) is 32.2. The van der Waals surface area contributed by atoms with Crippen LogP contribution in [0.1, 0.15) is 10.7 Å². The van der Waals surface area contributed by atoms with Gasteiger partial charge in [0.05, 0.1) is 21.2 Å². The summed E-state index contributed by atoms with van der Waals surface area (Å²) in [5, 5.41) is 0.528. The number of carbonyl (C=O) groups is 1. The molecule has 2 heterocycles. The van der Waals surface area contributed by atoms with E-state index in [0.29, 0.717) is 23.3 Å². The Labute approximate surface area is 151 Å². The zero-order chi connectivity index (χ0) is 17.3. The number of aryl methyl sites for hydroxylation is 1. The van der Waals surface area contributed by atoms with Crippen LogP contribution in [0.4, 0.5) is 0 Å². The van der Waals surface area contributed by atoms with Crippen LogP contribution in [0.15, 0.2) is 45.0 Å². The van der Waals surface area contributed by atoms with Crippen LogP contribution >= 0.6 is 27.3 Å². The number of nitrogens with zero attached hydrogens (tertiary/aromatic N) is 3. The Bertz CT molecular complexity index is 964. The van der Waals surface area contributed by atoms with Gasteiger partial charge in [0.2, 0.25) is 5.91 Å². The van der Waals surface area contributed by atoms with Crippen molar-refractivity contribution in [2.45, 2.75) is 20.0 Å². The smallest absolute Gasteiger partial charge is 0.261 e. The average molecular weight is 406 g/mol. The number of carbonyl (C=O) groups excluding carboxylic acids is 1. The number of amides is 1. The molecule has 0 aliphatic heterocycles. The van der Waals surface area contributed by atoms with Crippen molar-refractivity contribution in [1.82, 2.24) is 14.5 Å². The number of aromatic nitrogens is 2. The highest BCUT2D eigenvalue weighted by atomic mass is 79.9. The molecule has 0 saturated heterocycles. The average Bonchev–Trinajstić information content (AvgIpc) is 2.96. The molecule has 0 unspecified atom stereocenters. The Morgan fingerprint density at radius 3 is 2.75 bits per heavy atom. The van der Waals surface area contributed by atoms with E-state index in [4.69, 9.17) is 0 Å². The predicted molar refractivity (Wildman–Crippen MR) is 99.2 cm³/mol. The Morgan fingerprint density at radius 2 is 2.04 bits per heavy atom. The predicted octanol–water partition coefficient (Wildman–Crippen LogP) is 3.19. The molecule has 1 aromatic carbocycles. The van der Waals surface area contributed by atoms with Crippen molar-refractivity contribution in [2.24, 2.45) is 0 Å². The lowest BCUT2D eigenvalue weighted by atomic mass is 10.2. The van der Waals surface area contributed by atoms with E-state index in [9.17, 15) is 9.59 Å². The van der Waals surface area contributed by atoms with Crippen molar-refractivity contribution >= 4 is 44.1 Å². The monoisotopic (exact) mass is 405 g/mol. The van der Waals surface area contributed by atoms with Crippen molar-refractivity contribution in [3.05, 3.63) is 61.2 Å². The summed E-state index contributed by atoms with van der Waals surface area (Å²) in [5.41, 5.74) is 0.471. The number of thiophene rings is 1. The number of likely N-dealkylation sites (N-methyl/N-ethyl adjacent to an activating group) is 1. The zero-order valence-electron chi connectivity index (χ0n) is 13.3. The first-order chi connectivity index (χ1) is 11.5. The molecule has 0 bridgehead atoms. The first-order valence-corrected chi connectivity index (χ1v) is 9.01. The van der Waals surface area contributed by atoms with E-state index in [-0.39, 0.29) is 18.0 Å². The summed E-state index contributed by atoms with van der Waals surface area (Å²) >= 11 is 5.01. The first-order valence-electron chi connectivity index (χ1n) is 7.40. The Kier molecular flexibility index (Phi) is 4.82. The van der Waals surface area contributed by atoms with Crippen molar-refractivity contribution < 1.29 is 4.79 Å². The van der Waals surface area contributed by atoms with Gasteiger partial charge in [-0.25, -0.2) is 4.98 Å². The van der Waals surface area contributed by atoms with Crippen LogP contribution in [-0.4, -0.2) is 27.4 Å². The van der Waals surface area contributed by atoms with Gasteiger partial charge in [0.1, 0.15) is 12.4 Å². The highest BCUT2D eigenvalue weighted by Crippen LogP contribution is 2.23. The largest absolute Gasteiger partial charge is 0.339 e. The molecular weight excluding hydrogens is 390 g/mol. The molecule has 7 heteroatoms. The maximum absolute atomic E-state index is 12.6. The first kappa shape index (κ1) is 16.9. The van der Waals surface area contributed by atoms with Crippen LogP contribution in [0.5, 0.6) is 0 Å². The van der Waals surface area contributed by atoms with Gasteiger partial charge >= 0.3 is 0 Å². The van der Waals surface area contributed by atoms with E-state index in [2.05, 4.69) is 20.9 Å². The fourth-order valence-corrected chi connectivity index (χ4v) is 4.02. The summed E-state index contributed by atoms with van der Waals surface area (Å²) in [7, 11) is 1.74. The number of fused-ring (bicyclic) bond motifs is 1. The molecular formula is C17H16BrN3O2S. The minimum absolute atomic E-state index is 0.00839. The highest BCUT2D eigenvalue weighted by Gasteiger charge is 2.15. The molecule has 5 nitrogen and oxygen atoms in total. The molecule has 2 aromatic heterocycles. The molecule has 24 heavy (non-hydrogen) atoms. The van der Waals surface area contributed by atoms with Crippen LogP contribution < -0.4 is 5.56 Å². The van der Waals surface area contributed by atoms with Gasteiger partial charge < -0.3 is 4.90 Å². The van der Waals surface area contributed by atoms with Crippen molar-refractivity contribution in [2.75, 3.05) is 7.05 Å². The lowest BCUT2D eigenvalue weighted by Gasteiger charge is -2.18. The number of para-hydroxylation sites is 1. The van der Waals surface area contributed by atoms with Gasteiger partial charge in [0.15, 0.2) is 0 Å². The minimum atomic E-state index is -0.182. The quantitative estimate of drug-likeness (QED) is 0.669. The third-order valence-corrected chi connectivity index (χ3v) is 5.40. The Balaban J connectivity index is 1.83. The molecule has 0 atom stereocenters. The van der Waals surface area contributed by atoms with E-state index < -0.39 is 0 Å². The molecule has 0 saturated carbocycles. The molecule has 0 aliphatic rings. The Hall–Kier alpha value is -1.99. The molecule has 0 fully saturated rings. The van der Waals surface area contributed by atoms with Crippen LogP contribution in [0.3, 0.4) is 0 Å². The molecule has 3 aromatic rings. The molecule has 0 N–H and O–H groups in total. The van der Waals surface area contributed by atoms with E-state index in [0.717, 1.165) is 8.66 Å². The van der Waals surface area contributed by atoms with Gasteiger partial charge in [-0.2, -0.15) is 0 Å². The lowest BCUT2D eigenvalue weighted by Crippen LogP contribution is -2.34. The summed E-state index contributed by atoms with van der Waals surface area (Å²) in [6, 6.07) is 11.1. The van der Waals surface area contributed by atoms with Crippen molar-refractivity contribution in [3.8, 4) is 0 Å². The van der Waals surface area contributed by atoms with E-state index in [1.165, 1.54) is 4.57 Å². The fraction of sp³-hybridized carbons (Fsp3) is 0.235. The zero-order valence-corrected chi connectivity index (χ0v) is 15.7. The van der Waals surface area contributed by atoms with Gasteiger partial charge in [0.25, 0.3) is 5.56 Å². The van der Waals surface area contributed by atoms with E-state index in [1.54, 1.807) is 48.4 Å². The summed E-state index contributed by atoms with van der Waals surface area (Å²) in [6.07, 6.45) is 0. The standard InChI is InChI=1S/C17H16BrN3O2S/c1-11-19-14-6-4-3-5-13(14)17(23)21(11)10-16(22)20(2)9-12-7-8-15(18)24-12/h3-8H,9-10H2,1-2H3. The number of halogens is 1. The normalized spacial score (nSPS) is 11.0. The van der Waals surface area contributed by atoms with Crippen molar-refractivity contribution in [1.29, 1.82) is 0 Å². The van der Waals surface area contributed by atoms with Crippen LogP contribution in [0.2, 0.25) is 0 Å². The van der Waals surface area contributed by atoms with Gasteiger partial charge in [-0.1, -0.05) is 12.1 Å². The maximum Gasteiger partial charge on any atom is 0.261 e. The number of hydrogen-bond acceptors (Lipinski definition) is 4. The van der Waals surface area contributed by atoms with Gasteiger partial charge in [0, 0.05) is 11.9 Å². The third kappa shape index (κ3) is 3.42. The summed E-state index contributed by atoms with van der Waals surface area (Å²) < 4.78 is 2.47. The molecule has 3 rings (SSSR count). The second-order valence-electron chi connectivity index (χ2n) is 5.52. The van der Waals surface area contributed by atoms with Crippen LogP contribution in [-0.2, 0) is 17.9 Å². The molecule has 0 radical (unpaired) electrons. The van der Waals surface area contributed by atoms with E-state index in [1.807, 2.05) is 18.2 Å². The molecule has 1 amide bonds. The number of rotatable bonds is 4. The summed E-state index contributed by atoms with van der Waals surface area (Å²) in [6.45, 7) is 2.26. The van der Waals surface area contributed by atoms with Crippen LogP contribution in [0.25, 0.3) is 10.9 Å². The van der Waals surface area contributed by atoms with Gasteiger partial charge in [-0.05, 0) is 47.1 Å². The number of hydrogen-bond donors (Lipinski definition) is 0. The topological polar surface area (TPSA) is 55.2 Å². The Morgan fingerprint density at radius 1 is 1.29 bits per heavy atom. The minimum Gasteiger partial charge on any atom is -0.339 e. The second kappa shape index (κ2) is 6.86. The lowest BCUT2D eigenvalue weighted by molar-refractivity contribution is -0.131. The molecule has 124 valence electrons. The van der Waals surface area contributed by atoms with Gasteiger partial charge in [-0.15, -0.1) is 11.3 Å². The fourth-order valence-electron chi connectivity index (χ4n) is 2.48. The van der Waals surface area contributed by atoms with E-state index >= 15 is 0 Å². The third-order valence-electron chi connectivity index (χ3n) is 3.79. The number of benzene rings is 1. The molecule has 0 aliphatic carbocycles. The summed E-state index contributed by atoms with van der Waals surface area (Å²) in [5.74, 6) is 0.418. The highest BCUT2D eigenvalue weighted by molar-refractivity contribution is 9.11. The van der Waals surface area contributed by atoms with Crippen molar-refractivity contribution in [3.63, 3.8) is 0 Å². The van der Waals surface area contributed by atoms with Gasteiger partial charge in [-0.3, -0.25) is 14.2 Å².